The Kier molecular flexibility index (Phi) is 8.86. The van der Waals surface area contributed by atoms with Crippen LogP contribution in [0.25, 0.3) is 0 Å². The number of anilines is 2. The fourth-order valence-corrected chi connectivity index (χ4v) is 4.00. The van der Waals surface area contributed by atoms with Gasteiger partial charge in [-0.2, -0.15) is 13.2 Å². The average molecular weight is 469 g/mol. The zero-order chi connectivity index (χ0) is 22.3. The summed E-state index contributed by atoms with van der Waals surface area (Å²) in [5.74, 6) is -3.53. The van der Waals surface area contributed by atoms with Crippen LogP contribution in [0, 0.1) is 11.6 Å². The largest absolute Gasteiger partial charge is 0.399 e. The number of nitrogens with two attached hydrogens (primary N) is 2. The van der Waals surface area contributed by atoms with Crippen molar-refractivity contribution in [2.75, 3.05) is 16.8 Å². The third kappa shape index (κ3) is 7.10. The van der Waals surface area contributed by atoms with Crippen molar-refractivity contribution in [1.29, 1.82) is 0 Å². The van der Waals surface area contributed by atoms with Gasteiger partial charge in [0.1, 0.15) is 28.1 Å². The summed E-state index contributed by atoms with van der Waals surface area (Å²) >= 11 is 1.33. The van der Waals surface area contributed by atoms with Gasteiger partial charge in [-0.1, -0.05) is 48.6 Å². The van der Waals surface area contributed by atoms with Gasteiger partial charge in [-0.3, -0.25) is 9.93 Å². The molecule has 1 aromatic heterocycles. The number of carbonyl (C=O) groups excluding carboxylic acids is 1. The molecule has 30 heavy (non-hydrogen) atoms. The number of carbonyl (C=O) groups is 1. The second kappa shape index (κ2) is 10.9. The van der Waals surface area contributed by atoms with Crippen LogP contribution in [-0.4, -0.2) is 28.7 Å². The Morgan fingerprint density at radius 1 is 1.20 bits per heavy atom. The highest BCUT2D eigenvalue weighted by atomic mass is 32.2. The number of benzene rings is 1. The van der Waals surface area contributed by atoms with Crippen LogP contribution < -0.4 is 16.2 Å². The first-order valence-electron chi connectivity index (χ1n) is 9.02. The van der Waals surface area contributed by atoms with E-state index >= 15 is 0 Å². The van der Waals surface area contributed by atoms with Gasteiger partial charge in [0.25, 0.3) is 0 Å². The molecular formula is C18H21F5N4OS2. The zero-order valence-corrected chi connectivity index (χ0v) is 17.4. The van der Waals surface area contributed by atoms with Crippen LogP contribution in [0.15, 0.2) is 18.2 Å². The number of nitrogens with zero attached hydrogens (tertiary/aromatic N) is 1. The highest BCUT2D eigenvalue weighted by Crippen LogP contribution is 2.31. The molecule has 0 aliphatic heterocycles. The number of nitrogens with one attached hydrogen (secondary N) is 1. The van der Waals surface area contributed by atoms with Gasteiger partial charge in [-0.25, -0.2) is 13.8 Å². The maximum atomic E-state index is 13.8. The van der Waals surface area contributed by atoms with Crippen molar-refractivity contribution in [2.45, 2.75) is 44.3 Å². The van der Waals surface area contributed by atoms with Crippen LogP contribution >= 0.6 is 23.3 Å². The highest BCUT2D eigenvalue weighted by molar-refractivity contribution is 7.97. The van der Waals surface area contributed by atoms with E-state index in [1.54, 1.807) is 0 Å². The minimum atomic E-state index is -4.11. The Morgan fingerprint density at radius 2 is 1.80 bits per heavy atom. The fourth-order valence-electron chi connectivity index (χ4n) is 2.90. The summed E-state index contributed by atoms with van der Waals surface area (Å²) in [6.45, 7) is 0. The third-order valence-electron chi connectivity index (χ3n) is 4.23. The molecule has 166 valence electrons. The van der Waals surface area contributed by atoms with E-state index in [-0.39, 0.29) is 22.6 Å². The number of hydrogen-bond donors (Lipinski definition) is 3. The summed E-state index contributed by atoms with van der Waals surface area (Å²) < 4.78 is 60.4. The van der Waals surface area contributed by atoms with E-state index in [1.807, 2.05) is 0 Å². The van der Waals surface area contributed by atoms with E-state index < -0.39 is 34.9 Å². The van der Waals surface area contributed by atoms with E-state index in [0.717, 1.165) is 49.2 Å². The van der Waals surface area contributed by atoms with Gasteiger partial charge in [0.05, 0.1) is 5.56 Å². The standard InChI is InChI=1S/C16H17F2N3OS.C2H4F3NS/c17-10-7-4-8-11(18)12(10)13(22)14-15(19)21-16(23-14)20-9-5-2-1-3-6-9;3-2(4,5)1-7-6/h4,7-9H,1-3,5-6,19H2,(H,20,21);1,6H2. The molecule has 3 rings (SSSR count). The summed E-state index contributed by atoms with van der Waals surface area (Å²) in [4.78, 5) is 16.6. The molecule has 0 bridgehead atoms. The lowest BCUT2D eigenvalue weighted by Crippen LogP contribution is -2.22. The van der Waals surface area contributed by atoms with E-state index in [9.17, 15) is 26.7 Å². The lowest BCUT2D eigenvalue weighted by atomic mass is 9.96. The quantitative estimate of drug-likeness (QED) is 0.320. The number of ketones is 1. The van der Waals surface area contributed by atoms with E-state index in [0.29, 0.717) is 11.2 Å². The molecule has 0 radical (unpaired) electrons. The average Bonchev–Trinajstić information content (AvgIpc) is 3.02. The Morgan fingerprint density at radius 3 is 2.30 bits per heavy atom. The lowest BCUT2D eigenvalue weighted by molar-refractivity contribution is -0.105. The number of alkyl halides is 3. The number of halogens is 5. The minimum Gasteiger partial charge on any atom is -0.382 e. The van der Waals surface area contributed by atoms with Crippen LogP contribution in [0.5, 0.6) is 0 Å². The fraction of sp³-hybridized carbons (Fsp3) is 0.444. The maximum Gasteiger partial charge on any atom is 0.399 e. The highest BCUT2D eigenvalue weighted by Gasteiger charge is 2.26. The zero-order valence-electron chi connectivity index (χ0n) is 15.8. The first-order chi connectivity index (χ1) is 14.1. The Bertz CT molecular complexity index is 833. The molecule has 0 spiro atoms. The normalized spacial score (nSPS) is 14.7. The first kappa shape index (κ1) is 24.4. The molecule has 1 aliphatic rings. The maximum absolute atomic E-state index is 13.8. The summed E-state index contributed by atoms with van der Waals surface area (Å²) in [7, 11) is 0. The van der Waals surface area contributed by atoms with Crippen molar-refractivity contribution in [2.24, 2.45) is 5.14 Å². The summed E-state index contributed by atoms with van der Waals surface area (Å²) in [6, 6.07) is 3.62. The molecule has 0 atom stereocenters. The van der Waals surface area contributed by atoms with Crippen molar-refractivity contribution in [3.8, 4) is 0 Å². The summed E-state index contributed by atoms with van der Waals surface area (Å²) in [5, 5.41) is 8.30. The van der Waals surface area contributed by atoms with Gasteiger partial charge >= 0.3 is 6.18 Å². The third-order valence-corrected chi connectivity index (χ3v) is 5.72. The summed E-state index contributed by atoms with van der Waals surface area (Å²) in [6.07, 6.45) is 1.53. The van der Waals surface area contributed by atoms with Crippen LogP contribution in [0.1, 0.15) is 47.3 Å². The molecule has 1 aliphatic carbocycles. The smallest absolute Gasteiger partial charge is 0.382 e. The molecule has 5 N–H and O–H groups in total. The predicted octanol–water partition coefficient (Wildman–Crippen LogP) is 5.13. The van der Waals surface area contributed by atoms with Crippen molar-refractivity contribution < 1.29 is 26.7 Å². The second-order valence-corrected chi connectivity index (χ2v) is 8.19. The molecule has 1 saturated carbocycles. The van der Waals surface area contributed by atoms with Gasteiger partial charge in [0, 0.05) is 6.04 Å². The molecule has 0 unspecified atom stereocenters. The van der Waals surface area contributed by atoms with Crippen LogP contribution in [0.2, 0.25) is 0 Å². The number of thiazole rings is 1. The Balaban J connectivity index is 0.000000396. The topological polar surface area (TPSA) is 94.0 Å². The number of rotatable bonds is 5. The van der Waals surface area contributed by atoms with Gasteiger partial charge < -0.3 is 11.1 Å². The molecule has 1 heterocycles. The van der Waals surface area contributed by atoms with Crippen molar-refractivity contribution in [3.05, 3.63) is 40.3 Å². The van der Waals surface area contributed by atoms with Crippen LogP contribution in [0.4, 0.5) is 32.9 Å². The minimum absolute atomic E-state index is 0.000891. The van der Waals surface area contributed by atoms with Gasteiger partial charge in [0.2, 0.25) is 5.78 Å². The monoisotopic (exact) mass is 468 g/mol. The van der Waals surface area contributed by atoms with Crippen molar-refractivity contribution in [3.63, 3.8) is 0 Å². The van der Waals surface area contributed by atoms with E-state index in [1.165, 1.54) is 12.5 Å². The van der Waals surface area contributed by atoms with Gasteiger partial charge in [-0.15, -0.1) is 0 Å². The SMILES string of the molecule is NSCC(F)(F)F.Nc1nc(NC2CCCCC2)sc1C(=O)c1c(F)cccc1F. The predicted molar refractivity (Wildman–Crippen MR) is 110 cm³/mol. The molecule has 2 aromatic rings. The first-order valence-corrected chi connectivity index (χ1v) is 10.9. The Hall–Kier alpha value is -1.92. The number of nitrogen functional groups attached to an aromatic ring is 1. The van der Waals surface area contributed by atoms with Crippen LogP contribution in [-0.2, 0) is 0 Å². The molecule has 0 saturated heterocycles. The van der Waals surface area contributed by atoms with Gasteiger partial charge in [-0.05, 0) is 25.0 Å². The molecule has 12 heteroatoms. The lowest BCUT2D eigenvalue weighted by Gasteiger charge is -2.22. The molecule has 0 amide bonds. The summed E-state index contributed by atoms with van der Waals surface area (Å²) in [5.41, 5.74) is 5.19. The Labute approximate surface area is 178 Å². The molecule has 1 aromatic carbocycles. The molecular weight excluding hydrogens is 447 g/mol. The van der Waals surface area contributed by atoms with Crippen molar-refractivity contribution in [1.82, 2.24) is 4.98 Å². The van der Waals surface area contributed by atoms with Crippen molar-refractivity contribution >= 4 is 40.0 Å². The number of aromatic nitrogens is 1. The van der Waals surface area contributed by atoms with E-state index in [2.05, 4.69) is 15.4 Å². The van der Waals surface area contributed by atoms with Gasteiger partial charge in [0.15, 0.2) is 5.13 Å². The molecule has 5 nitrogen and oxygen atoms in total. The molecule has 1 fully saturated rings. The number of hydrogen-bond acceptors (Lipinski definition) is 7. The van der Waals surface area contributed by atoms with E-state index in [4.69, 9.17) is 5.73 Å². The van der Waals surface area contributed by atoms with Crippen LogP contribution in [0.3, 0.4) is 0 Å². The second-order valence-electron chi connectivity index (χ2n) is 6.56.